The van der Waals surface area contributed by atoms with Gasteiger partial charge in [0, 0.05) is 9.13 Å². The average Bonchev–Trinajstić information content (AvgIpc) is 2.36. The van der Waals surface area contributed by atoms with Gasteiger partial charge in [-0.15, -0.1) is 0 Å². The summed E-state index contributed by atoms with van der Waals surface area (Å²) in [5.41, 5.74) is 8.11. The van der Waals surface area contributed by atoms with Crippen molar-refractivity contribution in [2.45, 2.75) is 6.92 Å². The number of hydrogen-bond donors (Lipinski definition) is 2. The number of aryl methyl sites for hydroxylation is 1. The first-order chi connectivity index (χ1) is 8.91. The quantitative estimate of drug-likeness (QED) is 0.628. The SMILES string of the molecule is Cc1cc(C(=O)O)c(N)c(I)c1-c1ccc(F)cn1. The summed E-state index contributed by atoms with van der Waals surface area (Å²) in [5, 5.41) is 9.06. The van der Waals surface area contributed by atoms with Crippen LogP contribution in [-0.4, -0.2) is 16.1 Å². The Morgan fingerprint density at radius 2 is 2.16 bits per heavy atom. The molecular formula is C13H10FIN2O2. The Morgan fingerprint density at radius 3 is 2.68 bits per heavy atom. The number of carbonyl (C=O) groups is 1. The predicted octanol–water partition coefficient (Wildman–Crippen LogP) is 3.08. The topological polar surface area (TPSA) is 76.2 Å². The van der Waals surface area contributed by atoms with Crippen molar-refractivity contribution >= 4 is 34.2 Å². The fourth-order valence-electron chi connectivity index (χ4n) is 1.81. The molecule has 0 aliphatic carbocycles. The van der Waals surface area contributed by atoms with Gasteiger partial charge in [-0.05, 0) is 53.3 Å². The number of carboxylic acid groups (broad SMARTS) is 1. The van der Waals surface area contributed by atoms with Gasteiger partial charge in [-0.25, -0.2) is 9.18 Å². The van der Waals surface area contributed by atoms with Crippen molar-refractivity contribution in [1.82, 2.24) is 4.98 Å². The molecule has 0 radical (unpaired) electrons. The number of nitrogen functional groups attached to an aromatic ring is 1. The second-order valence-corrected chi connectivity index (χ2v) is 5.09. The molecule has 0 amide bonds. The summed E-state index contributed by atoms with van der Waals surface area (Å²) in [5.74, 6) is -1.50. The molecule has 3 N–H and O–H groups in total. The number of aromatic nitrogens is 1. The third-order valence-electron chi connectivity index (χ3n) is 2.72. The van der Waals surface area contributed by atoms with E-state index in [1.165, 1.54) is 12.1 Å². The van der Waals surface area contributed by atoms with Crippen LogP contribution >= 0.6 is 22.6 Å². The van der Waals surface area contributed by atoms with Gasteiger partial charge in [0.2, 0.25) is 0 Å². The maximum absolute atomic E-state index is 12.9. The number of pyridine rings is 1. The number of nitrogens with two attached hydrogens (primary N) is 1. The summed E-state index contributed by atoms with van der Waals surface area (Å²) < 4.78 is 13.5. The Kier molecular flexibility index (Phi) is 3.70. The van der Waals surface area contributed by atoms with Crippen molar-refractivity contribution in [2.24, 2.45) is 0 Å². The van der Waals surface area contributed by atoms with E-state index in [1.807, 2.05) is 22.6 Å². The second kappa shape index (κ2) is 5.12. The van der Waals surface area contributed by atoms with Gasteiger partial charge in [0.1, 0.15) is 5.82 Å². The van der Waals surface area contributed by atoms with Gasteiger partial charge in [-0.1, -0.05) is 0 Å². The molecule has 0 bridgehead atoms. The molecule has 2 rings (SSSR count). The van der Waals surface area contributed by atoms with Gasteiger partial charge in [0.05, 0.1) is 23.1 Å². The summed E-state index contributed by atoms with van der Waals surface area (Å²) in [7, 11) is 0. The lowest BCUT2D eigenvalue weighted by atomic mass is 10.0. The van der Waals surface area contributed by atoms with Crippen LogP contribution in [0.15, 0.2) is 24.4 Å². The molecule has 1 aromatic carbocycles. The van der Waals surface area contributed by atoms with Crippen LogP contribution in [0, 0.1) is 16.3 Å². The highest BCUT2D eigenvalue weighted by Gasteiger charge is 2.18. The first-order valence-corrected chi connectivity index (χ1v) is 6.43. The monoisotopic (exact) mass is 372 g/mol. The fourth-order valence-corrected chi connectivity index (χ4v) is 2.80. The first kappa shape index (κ1) is 13.7. The number of nitrogens with zero attached hydrogens (tertiary/aromatic N) is 1. The molecule has 0 aliphatic heterocycles. The van der Waals surface area contributed by atoms with Crippen LogP contribution in [0.3, 0.4) is 0 Å². The maximum atomic E-state index is 12.9. The molecular weight excluding hydrogens is 362 g/mol. The van der Waals surface area contributed by atoms with Gasteiger partial charge < -0.3 is 10.8 Å². The highest BCUT2D eigenvalue weighted by atomic mass is 127. The Morgan fingerprint density at radius 1 is 1.47 bits per heavy atom. The van der Waals surface area contributed by atoms with Crippen molar-refractivity contribution in [2.75, 3.05) is 5.73 Å². The second-order valence-electron chi connectivity index (χ2n) is 4.01. The van der Waals surface area contributed by atoms with Crippen LogP contribution in [0.4, 0.5) is 10.1 Å². The van der Waals surface area contributed by atoms with Gasteiger partial charge in [-0.3, -0.25) is 4.98 Å². The highest BCUT2D eigenvalue weighted by molar-refractivity contribution is 14.1. The number of carboxylic acids is 1. The van der Waals surface area contributed by atoms with E-state index < -0.39 is 11.8 Å². The molecule has 98 valence electrons. The molecule has 19 heavy (non-hydrogen) atoms. The summed E-state index contributed by atoms with van der Waals surface area (Å²) >= 11 is 1.98. The van der Waals surface area contributed by atoms with E-state index in [2.05, 4.69) is 4.98 Å². The Labute approximate surface area is 122 Å². The Balaban J connectivity index is 2.68. The van der Waals surface area contributed by atoms with Crippen molar-refractivity contribution in [3.05, 3.63) is 44.9 Å². The lowest BCUT2D eigenvalue weighted by Crippen LogP contribution is -2.07. The third-order valence-corrected chi connectivity index (χ3v) is 3.84. The largest absolute Gasteiger partial charge is 0.478 e. The van der Waals surface area contributed by atoms with Crippen LogP contribution < -0.4 is 5.73 Å². The van der Waals surface area contributed by atoms with Crippen LogP contribution in [0.25, 0.3) is 11.3 Å². The molecule has 0 fully saturated rings. The molecule has 0 saturated carbocycles. The number of benzene rings is 1. The van der Waals surface area contributed by atoms with E-state index in [0.717, 1.165) is 17.3 Å². The molecule has 6 heteroatoms. The van der Waals surface area contributed by atoms with Crippen LogP contribution in [0.5, 0.6) is 0 Å². The summed E-state index contributed by atoms with van der Waals surface area (Å²) in [6.07, 6.45) is 1.12. The number of rotatable bonds is 2. The van der Waals surface area contributed by atoms with Crippen molar-refractivity contribution in [3.8, 4) is 11.3 Å². The van der Waals surface area contributed by atoms with Crippen molar-refractivity contribution < 1.29 is 14.3 Å². The van der Waals surface area contributed by atoms with E-state index in [-0.39, 0.29) is 11.3 Å². The molecule has 0 saturated heterocycles. The number of anilines is 1. The van der Waals surface area contributed by atoms with Gasteiger partial charge in [0.15, 0.2) is 0 Å². The molecule has 0 unspecified atom stereocenters. The van der Waals surface area contributed by atoms with E-state index in [4.69, 9.17) is 10.8 Å². The lowest BCUT2D eigenvalue weighted by molar-refractivity contribution is 0.0698. The van der Waals surface area contributed by atoms with E-state index in [9.17, 15) is 9.18 Å². The minimum Gasteiger partial charge on any atom is -0.478 e. The Bertz CT molecular complexity index is 657. The zero-order valence-electron chi connectivity index (χ0n) is 9.95. The molecule has 0 aliphatic rings. The van der Waals surface area contributed by atoms with E-state index >= 15 is 0 Å². The molecule has 1 aromatic heterocycles. The van der Waals surface area contributed by atoms with Gasteiger partial charge in [-0.2, -0.15) is 0 Å². The summed E-state index contributed by atoms with van der Waals surface area (Å²) in [4.78, 5) is 15.1. The normalized spacial score (nSPS) is 10.5. The fraction of sp³-hybridized carbons (Fsp3) is 0.0769. The van der Waals surface area contributed by atoms with Crippen molar-refractivity contribution in [3.63, 3.8) is 0 Å². The van der Waals surface area contributed by atoms with Gasteiger partial charge >= 0.3 is 5.97 Å². The third kappa shape index (κ3) is 2.53. The highest BCUT2D eigenvalue weighted by Crippen LogP contribution is 2.33. The lowest BCUT2D eigenvalue weighted by Gasteiger charge is -2.13. The predicted molar refractivity (Wildman–Crippen MR) is 78.5 cm³/mol. The maximum Gasteiger partial charge on any atom is 0.337 e. The number of aromatic carboxylic acids is 1. The minimum atomic E-state index is -1.07. The minimum absolute atomic E-state index is 0.0627. The zero-order chi connectivity index (χ0) is 14.2. The van der Waals surface area contributed by atoms with Crippen molar-refractivity contribution in [1.29, 1.82) is 0 Å². The molecule has 0 atom stereocenters. The summed E-state index contributed by atoms with van der Waals surface area (Å²) in [6, 6.07) is 4.35. The zero-order valence-corrected chi connectivity index (χ0v) is 12.1. The summed E-state index contributed by atoms with van der Waals surface area (Å²) in [6.45, 7) is 1.77. The van der Waals surface area contributed by atoms with Crippen LogP contribution in [-0.2, 0) is 0 Å². The average molecular weight is 372 g/mol. The Hall–Kier alpha value is -1.70. The molecule has 2 aromatic rings. The standard InChI is InChI=1S/C13H10FIN2O2/c1-6-4-8(13(18)19)12(16)11(15)10(6)9-3-2-7(14)5-17-9/h2-5H,16H2,1H3,(H,18,19). The number of halogens is 2. The number of hydrogen-bond acceptors (Lipinski definition) is 3. The van der Waals surface area contributed by atoms with Crippen LogP contribution in [0.2, 0.25) is 0 Å². The van der Waals surface area contributed by atoms with E-state index in [1.54, 1.807) is 13.0 Å². The van der Waals surface area contributed by atoms with E-state index in [0.29, 0.717) is 9.26 Å². The molecule has 1 heterocycles. The molecule has 4 nitrogen and oxygen atoms in total. The first-order valence-electron chi connectivity index (χ1n) is 5.35. The van der Waals surface area contributed by atoms with Gasteiger partial charge in [0.25, 0.3) is 0 Å². The molecule has 0 spiro atoms. The smallest absolute Gasteiger partial charge is 0.337 e. The van der Waals surface area contributed by atoms with Crippen LogP contribution in [0.1, 0.15) is 15.9 Å².